The molecule has 2 unspecified atom stereocenters. The van der Waals surface area contributed by atoms with Crippen LogP contribution in [0.3, 0.4) is 0 Å². The van der Waals surface area contributed by atoms with E-state index in [4.69, 9.17) is 11.6 Å². The van der Waals surface area contributed by atoms with Gasteiger partial charge in [-0.25, -0.2) is 8.42 Å². The minimum absolute atomic E-state index is 0.0460. The zero-order chi connectivity index (χ0) is 15.2. The van der Waals surface area contributed by atoms with Crippen molar-refractivity contribution >= 4 is 21.6 Å². The minimum atomic E-state index is -3.61. The van der Waals surface area contributed by atoms with Gasteiger partial charge in [0.15, 0.2) is 5.03 Å². The molecule has 118 valence electrons. The molecule has 2 fully saturated rings. The number of aromatic nitrogens is 2. The fourth-order valence-electron chi connectivity index (χ4n) is 3.69. The van der Waals surface area contributed by atoms with Crippen LogP contribution >= 0.6 is 11.6 Å². The lowest BCUT2D eigenvalue weighted by molar-refractivity contribution is 0.231. The van der Waals surface area contributed by atoms with Crippen LogP contribution in [0.5, 0.6) is 0 Å². The Kier molecular flexibility index (Phi) is 4.02. The first kappa shape index (κ1) is 15.3. The first-order valence-corrected chi connectivity index (χ1v) is 9.20. The monoisotopic (exact) mass is 332 g/mol. The average Bonchev–Trinajstić information content (AvgIpc) is 2.93. The molecule has 1 aromatic heterocycles. The third-order valence-corrected chi connectivity index (χ3v) is 7.10. The van der Waals surface area contributed by atoms with E-state index in [0.717, 1.165) is 25.7 Å². The lowest BCUT2D eigenvalue weighted by Gasteiger charge is -2.36. The first-order valence-electron chi connectivity index (χ1n) is 7.39. The van der Waals surface area contributed by atoms with Gasteiger partial charge in [0.25, 0.3) is 10.0 Å². The number of piperidine rings is 1. The summed E-state index contributed by atoms with van der Waals surface area (Å²) in [5.74, 6) is 0. The number of rotatable bonds is 4. The van der Waals surface area contributed by atoms with Gasteiger partial charge < -0.3 is 5.32 Å². The summed E-state index contributed by atoms with van der Waals surface area (Å²) in [5, 5.41) is 7.78. The summed E-state index contributed by atoms with van der Waals surface area (Å²) >= 11 is 6.04. The van der Waals surface area contributed by atoms with Gasteiger partial charge in [0.1, 0.15) is 0 Å². The van der Waals surface area contributed by atoms with Crippen molar-refractivity contribution in [2.45, 2.75) is 55.8 Å². The zero-order valence-corrected chi connectivity index (χ0v) is 13.9. The Balaban J connectivity index is 1.92. The number of hydrogen-bond donors (Lipinski definition) is 1. The largest absolute Gasteiger partial charge is 0.311 e. The maximum atomic E-state index is 13.0. The van der Waals surface area contributed by atoms with Crippen molar-refractivity contribution in [3.05, 3.63) is 11.2 Å². The molecule has 0 saturated carbocycles. The highest BCUT2D eigenvalue weighted by molar-refractivity contribution is 7.89. The molecule has 0 aliphatic carbocycles. The van der Waals surface area contributed by atoms with E-state index in [1.165, 1.54) is 10.9 Å². The molecule has 2 atom stereocenters. The van der Waals surface area contributed by atoms with Crippen molar-refractivity contribution in [1.82, 2.24) is 19.4 Å². The molecule has 1 N–H and O–H groups in total. The summed E-state index contributed by atoms with van der Waals surface area (Å²) in [5.41, 5.74) is 0. The molecule has 2 bridgehead atoms. The molecule has 0 aromatic carbocycles. The van der Waals surface area contributed by atoms with E-state index in [0.29, 0.717) is 18.6 Å². The molecule has 2 saturated heterocycles. The normalized spacial score (nSPS) is 29.2. The second-order valence-electron chi connectivity index (χ2n) is 5.89. The van der Waals surface area contributed by atoms with Gasteiger partial charge in [-0.15, -0.1) is 0 Å². The van der Waals surface area contributed by atoms with E-state index < -0.39 is 10.0 Å². The highest BCUT2D eigenvalue weighted by atomic mass is 35.5. The van der Waals surface area contributed by atoms with Crippen LogP contribution in [0.4, 0.5) is 0 Å². The van der Waals surface area contributed by atoms with Crippen LogP contribution in [0.1, 0.15) is 32.6 Å². The van der Waals surface area contributed by atoms with E-state index in [-0.39, 0.29) is 16.1 Å². The Hall–Kier alpha value is -0.630. The first-order chi connectivity index (χ1) is 9.93. The number of sulfonamides is 1. The third-order valence-electron chi connectivity index (χ3n) is 4.56. The molecule has 0 radical (unpaired) electrons. The van der Waals surface area contributed by atoms with E-state index in [1.54, 1.807) is 11.4 Å². The fraction of sp³-hybridized carbons (Fsp3) is 0.769. The van der Waals surface area contributed by atoms with Crippen LogP contribution in [0.25, 0.3) is 0 Å². The van der Waals surface area contributed by atoms with Gasteiger partial charge in [0, 0.05) is 31.7 Å². The standard InChI is InChI=1S/C13H21ClN4O2S/c1-3-18(11-6-9-4-5-10(7-11)16-9)21(19,20)13-12(14)8-15-17(13)2/h8-11,16H,3-7H2,1-2H3. The second kappa shape index (κ2) is 5.53. The van der Waals surface area contributed by atoms with Gasteiger partial charge in [-0.05, 0) is 25.7 Å². The highest BCUT2D eigenvalue weighted by Gasteiger charge is 2.41. The predicted octanol–water partition coefficient (Wildman–Crippen LogP) is 1.37. The van der Waals surface area contributed by atoms with E-state index in [2.05, 4.69) is 10.4 Å². The number of aryl methyl sites for hydroxylation is 1. The van der Waals surface area contributed by atoms with Crippen LogP contribution in [-0.2, 0) is 17.1 Å². The average molecular weight is 333 g/mol. The molecular formula is C13H21ClN4O2S. The van der Waals surface area contributed by atoms with Gasteiger partial charge >= 0.3 is 0 Å². The molecule has 3 rings (SSSR count). The molecule has 2 aliphatic heterocycles. The van der Waals surface area contributed by atoms with Crippen molar-refractivity contribution in [2.75, 3.05) is 6.54 Å². The van der Waals surface area contributed by atoms with Crippen molar-refractivity contribution in [3.63, 3.8) is 0 Å². The van der Waals surface area contributed by atoms with Crippen LogP contribution in [0, 0.1) is 0 Å². The molecule has 6 nitrogen and oxygen atoms in total. The quantitative estimate of drug-likeness (QED) is 0.904. The summed E-state index contributed by atoms with van der Waals surface area (Å²) in [6.07, 6.45) is 5.42. The summed E-state index contributed by atoms with van der Waals surface area (Å²) in [7, 11) is -2.00. The van der Waals surface area contributed by atoms with Gasteiger partial charge in [-0.1, -0.05) is 18.5 Å². The number of nitrogens with one attached hydrogen (secondary N) is 1. The van der Waals surface area contributed by atoms with Crippen LogP contribution in [0.2, 0.25) is 5.02 Å². The second-order valence-corrected chi connectivity index (χ2v) is 8.11. The zero-order valence-electron chi connectivity index (χ0n) is 12.3. The highest BCUT2D eigenvalue weighted by Crippen LogP contribution is 2.33. The van der Waals surface area contributed by atoms with E-state index >= 15 is 0 Å². The Labute approximate surface area is 130 Å². The summed E-state index contributed by atoms with van der Waals surface area (Å²) in [6, 6.07) is 0.935. The van der Waals surface area contributed by atoms with Crippen molar-refractivity contribution in [2.24, 2.45) is 7.05 Å². The lowest BCUT2D eigenvalue weighted by atomic mass is 10.00. The molecule has 0 spiro atoms. The molecular weight excluding hydrogens is 312 g/mol. The van der Waals surface area contributed by atoms with Crippen LogP contribution in [-0.4, -0.2) is 47.2 Å². The Morgan fingerprint density at radius 2 is 2.05 bits per heavy atom. The van der Waals surface area contributed by atoms with Crippen molar-refractivity contribution in [3.8, 4) is 0 Å². The lowest BCUT2D eigenvalue weighted by Crippen LogP contribution is -2.50. The molecule has 2 aliphatic rings. The summed E-state index contributed by atoms with van der Waals surface area (Å²) in [6.45, 7) is 2.33. The minimum Gasteiger partial charge on any atom is -0.311 e. The van der Waals surface area contributed by atoms with E-state index in [9.17, 15) is 8.42 Å². The Morgan fingerprint density at radius 1 is 1.43 bits per heavy atom. The molecule has 21 heavy (non-hydrogen) atoms. The number of fused-ring (bicyclic) bond motifs is 2. The maximum Gasteiger partial charge on any atom is 0.261 e. The van der Waals surface area contributed by atoms with Crippen LogP contribution in [0.15, 0.2) is 11.2 Å². The number of halogens is 1. The smallest absolute Gasteiger partial charge is 0.261 e. The molecule has 1 aromatic rings. The number of nitrogens with zero attached hydrogens (tertiary/aromatic N) is 3. The molecule has 3 heterocycles. The predicted molar refractivity (Wildman–Crippen MR) is 80.8 cm³/mol. The third kappa shape index (κ3) is 2.60. The topological polar surface area (TPSA) is 67.2 Å². The maximum absolute atomic E-state index is 13.0. The SMILES string of the molecule is CCN(C1CC2CCC(C1)N2)S(=O)(=O)c1c(Cl)cnn1C. The van der Waals surface area contributed by atoms with Gasteiger partial charge in [-0.2, -0.15) is 9.40 Å². The summed E-state index contributed by atoms with van der Waals surface area (Å²) < 4.78 is 28.9. The van der Waals surface area contributed by atoms with Gasteiger partial charge in [-0.3, -0.25) is 4.68 Å². The number of hydrogen-bond acceptors (Lipinski definition) is 4. The Bertz CT molecular complexity index is 599. The van der Waals surface area contributed by atoms with Crippen LogP contribution < -0.4 is 5.32 Å². The van der Waals surface area contributed by atoms with Crippen molar-refractivity contribution < 1.29 is 8.42 Å². The van der Waals surface area contributed by atoms with Gasteiger partial charge in [0.05, 0.1) is 11.2 Å². The molecule has 8 heteroatoms. The molecule has 0 amide bonds. The summed E-state index contributed by atoms with van der Waals surface area (Å²) in [4.78, 5) is 0. The Morgan fingerprint density at radius 3 is 2.52 bits per heavy atom. The fourth-order valence-corrected chi connectivity index (χ4v) is 5.95. The van der Waals surface area contributed by atoms with E-state index in [1.807, 2.05) is 6.92 Å². The van der Waals surface area contributed by atoms with Crippen molar-refractivity contribution in [1.29, 1.82) is 0 Å². The van der Waals surface area contributed by atoms with Gasteiger partial charge in [0.2, 0.25) is 0 Å².